The van der Waals surface area contributed by atoms with E-state index in [1.165, 1.54) is 0 Å². The Morgan fingerprint density at radius 1 is 1.40 bits per heavy atom. The van der Waals surface area contributed by atoms with Gasteiger partial charge in [-0.25, -0.2) is 13.6 Å². The van der Waals surface area contributed by atoms with E-state index >= 15 is 0 Å². The third-order valence-electron chi connectivity index (χ3n) is 4.02. The molecule has 1 aliphatic heterocycles. The van der Waals surface area contributed by atoms with Crippen molar-refractivity contribution in [3.05, 3.63) is 23.3 Å². The van der Waals surface area contributed by atoms with Crippen molar-refractivity contribution in [2.24, 2.45) is 11.1 Å². The number of hydrogen-bond acceptors (Lipinski definition) is 4. The standard InChI is InChI=1S/C14H22N2O3S/c1-9-6-13(20(15,17)18)7-14(10(9)2)16-11(3)12-4-5-19-8-12/h6-7,11-12,16H,4-5,8H2,1-3H3,(H2,15,17,18). The van der Waals surface area contributed by atoms with Crippen molar-refractivity contribution >= 4 is 15.7 Å². The highest BCUT2D eigenvalue weighted by Gasteiger charge is 2.23. The van der Waals surface area contributed by atoms with Crippen LogP contribution in [0.3, 0.4) is 0 Å². The van der Waals surface area contributed by atoms with Gasteiger partial charge in [-0.15, -0.1) is 0 Å². The molecule has 2 atom stereocenters. The molecule has 112 valence electrons. The van der Waals surface area contributed by atoms with Crippen LogP contribution < -0.4 is 10.5 Å². The van der Waals surface area contributed by atoms with E-state index in [9.17, 15) is 8.42 Å². The first-order valence-electron chi connectivity index (χ1n) is 6.77. The van der Waals surface area contributed by atoms with Gasteiger partial charge in [0.15, 0.2) is 0 Å². The molecule has 1 heterocycles. The van der Waals surface area contributed by atoms with Gasteiger partial charge in [-0.1, -0.05) is 0 Å². The zero-order valence-electron chi connectivity index (χ0n) is 12.1. The fourth-order valence-electron chi connectivity index (χ4n) is 2.45. The molecular formula is C14H22N2O3S. The lowest BCUT2D eigenvalue weighted by molar-refractivity contribution is 0.183. The molecule has 0 bridgehead atoms. The number of nitrogens with one attached hydrogen (secondary N) is 1. The van der Waals surface area contributed by atoms with Crippen LogP contribution in [0.25, 0.3) is 0 Å². The molecule has 0 radical (unpaired) electrons. The minimum Gasteiger partial charge on any atom is -0.382 e. The van der Waals surface area contributed by atoms with Crippen LogP contribution in [0.1, 0.15) is 24.5 Å². The van der Waals surface area contributed by atoms with E-state index in [1.807, 2.05) is 13.8 Å². The van der Waals surface area contributed by atoms with Crippen molar-refractivity contribution in [2.45, 2.75) is 38.1 Å². The van der Waals surface area contributed by atoms with Gasteiger partial charge in [-0.05, 0) is 50.5 Å². The molecule has 2 rings (SSSR count). The second-order valence-corrected chi connectivity index (χ2v) is 7.08. The van der Waals surface area contributed by atoms with Gasteiger partial charge in [0.1, 0.15) is 0 Å². The molecule has 0 aliphatic carbocycles. The number of rotatable bonds is 4. The van der Waals surface area contributed by atoms with Crippen LogP contribution in [-0.2, 0) is 14.8 Å². The Kier molecular flexibility index (Phi) is 4.36. The maximum Gasteiger partial charge on any atom is 0.238 e. The number of ether oxygens (including phenoxy) is 1. The number of anilines is 1. The highest BCUT2D eigenvalue weighted by molar-refractivity contribution is 7.89. The number of primary sulfonamides is 1. The lowest BCUT2D eigenvalue weighted by Gasteiger charge is -2.23. The number of hydrogen-bond donors (Lipinski definition) is 2. The fraction of sp³-hybridized carbons (Fsp3) is 0.571. The molecule has 3 N–H and O–H groups in total. The maximum absolute atomic E-state index is 11.5. The molecule has 1 saturated heterocycles. The van der Waals surface area contributed by atoms with E-state index < -0.39 is 10.0 Å². The lowest BCUT2D eigenvalue weighted by atomic mass is 9.99. The monoisotopic (exact) mass is 298 g/mol. The van der Waals surface area contributed by atoms with Gasteiger partial charge in [0, 0.05) is 24.3 Å². The molecule has 1 fully saturated rings. The minimum atomic E-state index is -3.68. The quantitative estimate of drug-likeness (QED) is 0.888. The summed E-state index contributed by atoms with van der Waals surface area (Å²) < 4.78 is 28.4. The summed E-state index contributed by atoms with van der Waals surface area (Å²) in [5, 5.41) is 8.63. The Balaban J connectivity index is 2.28. The van der Waals surface area contributed by atoms with Crippen molar-refractivity contribution < 1.29 is 13.2 Å². The molecule has 5 nitrogen and oxygen atoms in total. The number of nitrogens with two attached hydrogens (primary N) is 1. The molecule has 20 heavy (non-hydrogen) atoms. The SMILES string of the molecule is Cc1cc(S(N)(=O)=O)cc(NC(C)C2CCOC2)c1C. The first kappa shape index (κ1) is 15.3. The summed E-state index contributed by atoms with van der Waals surface area (Å²) in [4.78, 5) is 0.151. The van der Waals surface area contributed by atoms with Gasteiger partial charge in [0.05, 0.1) is 11.5 Å². The third-order valence-corrected chi connectivity index (χ3v) is 4.92. The zero-order chi connectivity index (χ0) is 14.9. The second kappa shape index (κ2) is 5.71. The smallest absolute Gasteiger partial charge is 0.238 e. The van der Waals surface area contributed by atoms with E-state index in [1.54, 1.807) is 12.1 Å². The number of benzene rings is 1. The van der Waals surface area contributed by atoms with Crippen molar-refractivity contribution in [2.75, 3.05) is 18.5 Å². The van der Waals surface area contributed by atoms with Crippen molar-refractivity contribution in [1.82, 2.24) is 0 Å². The predicted octanol–water partition coefficient (Wildman–Crippen LogP) is 1.79. The average Bonchev–Trinajstić information content (AvgIpc) is 2.87. The second-order valence-electron chi connectivity index (χ2n) is 5.51. The normalized spacial score (nSPS) is 20.9. The van der Waals surface area contributed by atoms with E-state index in [0.717, 1.165) is 36.4 Å². The maximum atomic E-state index is 11.5. The molecule has 0 aromatic heterocycles. The van der Waals surface area contributed by atoms with Gasteiger partial charge in [-0.2, -0.15) is 0 Å². The zero-order valence-corrected chi connectivity index (χ0v) is 13.0. The molecular weight excluding hydrogens is 276 g/mol. The Morgan fingerprint density at radius 3 is 2.65 bits per heavy atom. The molecule has 1 aromatic rings. The summed E-state index contributed by atoms with van der Waals surface area (Å²) in [6.07, 6.45) is 1.03. The molecule has 1 aliphatic rings. The van der Waals surface area contributed by atoms with Crippen LogP contribution in [0.2, 0.25) is 0 Å². The molecule has 0 spiro atoms. The highest BCUT2D eigenvalue weighted by atomic mass is 32.2. The van der Waals surface area contributed by atoms with Crippen LogP contribution >= 0.6 is 0 Å². The molecule has 6 heteroatoms. The van der Waals surface area contributed by atoms with Crippen LogP contribution in [0, 0.1) is 19.8 Å². The largest absolute Gasteiger partial charge is 0.382 e. The van der Waals surface area contributed by atoms with Gasteiger partial charge in [0.25, 0.3) is 0 Å². The van der Waals surface area contributed by atoms with Gasteiger partial charge >= 0.3 is 0 Å². The van der Waals surface area contributed by atoms with Crippen molar-refractivity contribution in [3.8, 4) is 0 Å². The Morgan fingerprint density at radius 2 is 2.10 bits per heavy atom. The predicted molar refractivity (Wildman–Crippen MR) is 79.3 cm³/mol. The van der Waals surface area contributed by atoms with E-state index in [-0.39, 0.29) is 10.9 Å². The van der Waals surface area contributed by atoms with Crippen molar-refractivity contribution in [1.29, 1.82) is 0 Å². The van der Waals surface area contributed by atoms with Crippen LogP contribution in [0.15, 0.2) is 17.0 Å². The van der Waals surface area contributed by atoms with Gasteiger partial charge in [-0.3, -0.25) is 0 Å². The summed E-state index contributed by atoms with van der Waals surface area (Å²) in [6, 6.07) is 3.45. The molecule has 2 unspecified atom stereocenters. The van der Waals surface area contributed by atoms with Crippen LogP contribution in [0.5, 0.6) is 0 Å². The average molecular weight is 298 g/mol. The molecule has 1 aromatic carbocycles. The fourth-order valence-corrected chi connectivity index (χ4v) is 3.07. The van der Waals surface area contributed by atoms with E-state index in [4.69, 9.17) is 9.88 Å². The van der Waals surface area contributed by atoms with Crippen molar-refractivity contribution in [3.63, 3.8) is 0 Å². The Labute approximate surface area is 120 Å². The molecule has 0 amide bonds. The third kappa shape index (κ3) is 3.31. The van der Waals surface area contributed by atoms with E-state index in [2.05, 4.69) is 12.2 Å². The Hall–Kier alpha value is -1.11. The summed E-state index contributed by atoms with van der Waals surface area (Å²) >= 11 is 0. The van der Waals surface area contributed by atoms with Gasteiger partial charge < -0.3 is 10.1 Å². The summed E-state index contributed by atoms with van der Waals surface area (Å²) in [6.45, 7) is 7.51. The van der Waals surface area contributed by atoms with Gasteiger partial charge in [0.2, 0.25) is 10.0 Å². The first-order valence-corrected chi connectivity index (χ1v) is 8.32. The Bertz CT molecular complexity index is 593. The number of aryl methyl sites for hydroxylation is 1. The lowest BCUT2D eigenvalue weighted by Crippen LogP contribution is -2.27. The topological polar surface area (TPSA) is 81.4 Å². The van der Waals surface area contributed by atoms with Crippen LogP contribution in [0.4, 0.5) is 5.69 Å². The van der Waals surface area contributed by atoms with Crippen LogP contribution in [-0.4, -0.2) is 27.7 Å². The summed E-state index contributed by atoms with van der Waals surface area (Å²) in [5.41, 5.74) is 2.78. The first-order chi connectivity index (χ1) is 9.29. The summed E-state index contributed by atoms with van der Waals surface area (Å²) in [7, 11) is -3.68. The minimum absolute atomic E-state index is 0.151. The van der Waals surface area contributed by atoms with E-state index in [0.29, 0.717) is 5.92 Å². The molecule has 0 saturated carbocycles. The number of sulfonamides is 1. The highest BCUT2D eigenvalue weighted by Crippen LogP contribution is 2.26. The summed E-state index contributed by atoms with van der Waals surface area (Å²) in [5.74, 6) is 0.452.